The van der Waals surface area contributed by atoms with E-state index in [0.717, 1.165) is 11.1 Å². The quantitative estimate of drug-likeness (QED) is 0.457. The zero-order chi connectivity index (χ0) is 15.9. The van der Waals surface area contributed by atoms with Crippen molar-refractivity contribution in [2.75, 3.05) is 6.61 Å². The maximum atomic E-state index is 11.8. The number of halogens is 1. The Balaban J connectivity index is 2.21. The van der Waals surface area contributed by atoms with Gasteiger partial charge in [-0.15, -0.1) is 0 Å². The Morgan fingerprint density at radius 2 is 1.73 bits per heavy atom. The molecule has 3 nitrogen and oxygen atoms in total. The molecule has 1 atom stereocenters. The van der Waals surface area contributed by atoms with Crippen molar-refractivity contribution in [1.29, 1.82) is 0 Å². The Morgan fingerprint density at radius 3 is 2.27 bits per heavy atom. The standard InChI is InChI=1S/C18H17IO3/c1-2-22-18(21)16(12-19)17(20)15-10-8-14(9-11-15)13-6-4-3-5-7-13/h3-12,17,20H,2H2,1H3/b16-12-/t17-/m1/s1. The fourth-order valence-electron chi connectivity index (χ4n) is 2.10. The fraction of sp³-hybridized carbons (Fsp3) is 0.167. The van der Waals surface area contributed by atoms with Gasteiger partial charge in [-0.25, -0.2) is 4.79 Å². The summed E-state index contributed by atoms with van der Waals surface area (Å²) in [6.07, 6.45) is -0.985. The van der Waals surface area contributed by atoms with Gasteiger partial charge in [0.25, 0.3) is 0 Å². The Morgan fingerprint density at radius 1 is 1.14 bits per heavy atom. The molecule has 0 aromatic heterocycles. The second kappa shape index (κ2) is 8.10. The monoisotopic (exact) mass is 408 g/mol. The van der Waals surface area contributed by atoms with Gasteiger partial charge >= 0.3 is 5.97 Å². The van der Waals surface area contributed by atoms with Gasteiger partial charge in [-0.1, -0.05) is 77.2 Å². The van der Waals surface area contributed by atoms with Crippen LogP contribution in [0.3, 0.4) is 0 Å². The average molecular weight is 408 g/mol. The van der Waals surface area contributed by atoms with E-state index >= 15 is 0 Å². The lowest BCUT2D eigenvalue weighted by molar-refractivity contribution is -0.139. The van der Waals surface area contributed by atoms with Crippen molar-refractivity contribution in [2.24, 2.45) is 0 Å². The van der Waals surface area contributed by atoms with E-state index in [-0.39, 0.29) is 12.2 Å². The molecule has 0 bridgehead atoms. The van der Waals surface area contributed by atoms with Crippen LogP contribution in [0.4, 0.5) is 0 Å². The van der Waals surface area contributed by atoms with Gasteiger partial charge in [0, 0.05) is 0 Å². The molecule has 2 rings (SSSR count). The average Bonchev–Trinajstić information content (AvgIpc) is 2.56. The maximum Gasteiger partial charge on any atom is 0.337 e. The molecule has 1 N–H and O–H groups in total. The number of aliphatic hydroxyl groups is 1. The molecule has 0 radical (unpaired) electrons. The number of rotatable bonds is 5. The molecule has 0 aliphatic heterocycles. The van der Waals surface area contributed by atoms with Crippen molar-refractivity contribution in [3.8, 4) is 11.1 Å². The van der Waals surface area contributed by atoms with Gasteiger partial charge in [0.2, 0.25) is 0 Å². The highest BCUT2D eigenvalue weighted by Gasteiger charge is 2.21. The lowest BCUT2D eigenvalue weighted by atomic mass is 9.99. The maximum absolute atomic E-state index is 11.8. The van der Waals surface area contributed by atoms with E-state index in [1.807, 2.05) is 77.2 Å². The normalized spacial score (nSPS) is 12.8. The zero-order valence-electron chi connectivity index (χ0n) is 12.2. The molecule has 0 amide bonds. The highest BCUT2D eigenvalue weighted by Crippen LogP contribution is 2.26. The summed E-state index contributed by atoms with van der Waals surface area (Å²) in [5, 5.41) is 10.4. The molecular formula is C18H17IO3. The van der Waals surface area contributed by atoms with E-state index in [1.54, 1.807) is 11.0 Å². The number of aliphatic hydroxyl groups excluding tert-OH is 1. The summed E-state index contributed by atoms with van der Waals surface area (Å²) in [4.78, 5) is 11.8. The lowest BCUT2D eigenvalue weighted by Crippen LogP contribution is -2.14. The van der Waals surface area contributed by atoms with E-state index in [9.17, 15) is 9.90 Å². The third-order valence-electron chi connectivity index (χ3n) is 3.26. The molecule has 0 saturated carbocycles. The molecule has 4 heteroatoms. The van der Waals surface area contributed by atoms with E-state index < -0.39 is 12.1 Å². The van der Waals surface area contributed by atoms with Crippen LogP contribution in [0, 0.1) is 0 Å². The minimum absolute atomic E-state index is 0.245. The van der Waals surface area contributed by atoms with Crippen LogP contribution in [0.1, 0.15) is 18.6 Å². The highest BCUT2D eigenvalue weighted by atomic mass is 127. The van der Waals surface area contributed by atoms with Gasteiger partial charge < -0.3 is 9.84 Å². The highest BCUT2D eigenvalue weighted by molar-refractivity contribution is 14.1. The summed E-state index contributed by atoms with van der Waals surface area (Å²) in [6, 6.07) is 17.5. The molecule has 0 aliphatic rings. The summed E-state index contributed by atoms with van der Waals surface area (Å²) >= 11 is 1.94. The van der Waals surface area contributed by atoms with Gasteiger partial charge in [0.15, 0.2) is 0 Å². The molecule has 2 aromatic rings. The van der Waals surface area contributed by atoms with Crippen LogP contribution in [0.2, 0.25) is 0 Å². The van der Waals surface area contributed by atoms with E-state index in [4.69, 9.17) is 4.74 Å². The predicted octanol–water partition coefficient (Wildman–Crippen LogP) is 4.27. The van der Waals surface area contributed by atoms with Crippen molar-refractivity contribution in [3.63, 3.8) is 0 Å². The van der Waals surface area contributed by atoms with E-state index in [2.05, 4.69) is 0 Å². The van der Waals surface area contributed by atoms with Crippen LogP contribution in [0.25, 0.3) is 11.1 Å². The van der Waals surface area contributed by atoms with Gasteiger partial charge in [-0.05, 0) is 27.7 Å². The molecule has 0 heterocycles. The first-order valence-electron chi connectivity index (χ1n) is 6.98. The number of hydrogen-bond donors (Lipinski definition) is 1. The number of hydrogen-bond acceptors (Lipinski definition) is 3. The van der Waals surface area contributed by atoms with Crippen LogP contribution in [0.5, 0.6) is 0 Å². The van der Waals surface area contributed by atoms with E-state index in [0.29, 0.717) is 5.56 Å². The minimum atomic E-state index is -0.985. The Hall–Kier alpha value is -1.66. The molecule has 0 saturated heterocycles. The predicted molar refractivity (Wildman–Crippen MR) is 95.6 cm³/mol. The summed E-state index contributed by atoms with van der Waals surface area (Å²) in [6.45, 7) is 2.02. The largest absolute Gasteiger partial charge is 0.463 e. The van der Waals surface area contributed by atoms with Crippen molar-refractivity contribution in [2.45, 2.75) is 13.0 Å². The smallest absolute Gasteiger partial charge is 0.337 e. The number of carbonyl (C=O) groups is 1. The van der Waals surface area contributed by atoms with Crippen molar-refractivity contribution < 1.29 is 14.6 Å². The van der Waals surface area contributed by atoms with Crippen LogP contribution in [-0.4, -0.2) is 17.7 Å². The molecule has 2 aromatic carbocycles. The van der Waals surface area contributed by atoms with Gasteiger partial charge in [0.1, 0.15) is 6.10 Å². The van der Waals surface area contributed by atoms with Crippen molar-refractivity contribution >= 4 is 28.6 Å². The summed E-state index contributed by atoms with van der Waals surface area (Å²) in [5.74, 6) is -0.489. The second-order valence-corrected chi connectivity index (χ2v) is 5.30. The Labute approximate surface area is 143 Å². The van der Waals surface area contributed by atoms with E-state index in [1.165, 1.54) is 0 Å². The minimum Gasteiger partial charge on any atom is -0.463 e. The lowest BCUT2D eigenvalue weighted by Gasteiger charge is -2.14. The second-order valence-electron chi connectivity index (χ2n) is 4.68. The first kappa shape index (κ1) is 16.7. The van der Waals surface area contributed by atoms with Gasteiger partial charge in [-0.2, -0.15) is 0 Å². The van der Waals surface area contributed by atoms with Crippen LogP contribution >= 0.6 is 22.6 Å². The number of ether oxygens (including phenoxy) is 1. The summed E-state index contributed by atoms with van der Waals surface area (Å²) < 4.78 is 6.52. The van der Waals surface area contributed by atoms with Gasteiger partial charge in [-0.3, -0.25) is 0 Å². The van der Waals surface area contributed by atoms with Gasteiger partial charge in [0.05, 0.1) is 12.2 Å². The number of carbonyl (C=O) groups excluding carboxylic acids is 1. The zero-order valence-corrected chi connectivity index (χ0v) is 14.4. The first-order chi connectivity index (χ1) is 10.7. The molecule has 0 aliphatic carbocycles. The van der Waals surface area contributed by atoms with Crippen LogP contribution < -0.4 is 0 Å². The number of benzene rings is 2. The first-order valence-corrected chi connectivity index (χ1v) is 8.22. The third kappa shape index (κ3) is 3.96. The molecule has 114 valence electrons. The van der Waals surface area contributed by atoms with Crippen molar-refractivity contribution in [1.82, 2.24) is 0 Å². The topological polar surface area (TPSA) is 46.5 Å². The summed E-state index contributed by atoms with van der Waals surface area (Å²) in [7, 11) is 0. The fourth-order valence-corrected chi connectivity index (χ4v) is 2.69. The van der Waals surface area contributed by atoms with Crippen molar-refractivity contribution in [3.05, 3.63) is 69.8 Å². The van der Waals surface area contributed by atoms with Crippen LogP contribution in [-0.2, 0) is 9.53 Å². The Kier molecular flexibility index (Phi) is 6.15. The molecule has 22 heavy (non-hydrogen) atoms. The molecule has 0 unspecified atom stereocenters. The Bertz CT molecular complexity index is 648. The SMILES string of the molecule is CCOC(=O)/C(=C\I)[C@H](O)c1ccc(-c2ccccc2)cc1. The molecule has 0 fully saturated rings. The molecular weight excluding hydrogens is 391 g/mol. The summed E-state index contributed by atoms with van der Waals surface area (Å²) in [5.41, 5.74) is 3.08. The number of esters is 1. The van der Waals surface area contributed by atoms with Crippen LogP contribution in [0.15, 0.2) is 64.3 Å². The third-order valence-corrected chi connectivity index (χ3v) is 3.93. The molecule has 0 spiro atoms.